The largest absolute Gasteiger partial charge is 0.235 e. The Balaban J connectivity index is 2.85. The van der Waals surface area contributed by atoms with Gasteiger partial charge in [0.25, 0.3) is 0 Å². The Labute approximate surface area is 123 Å². The van der Waals surface area contributed by atoms with Crippen LogP contribution in [0, 0.1) is 0 Å². The molecule has 0 atom stereocenters. The van der Waals surface area contributed by atoms with Crippen LogP contribution in [0.25, 0.3) is 10.9 Å². The van der Waals surface area contributed by atoms with E-state index in [1.54, 1.807) is 0 Å². The molecule has 0 aliphatic carbocycles. The fourth-order valence-electron chi connectivity index (χ4n) is 1.70. The molecule has 0 bridgehead atoms. The van der Waals surface area contributed by atoms with Crippen molar-refractivity contribution in [1.29, 1.82) is 0 Å². The average molecular weight is 378 g/mol. The topological polar surface area (TPSA) is 12.9 Å². The molecule has 0 aliphatic heterocycles. The summed E-state index contributed by atoms with van der Waals surface area (Å²) < 4.78 is 1.99. The lowest BCUT2D eigenvalue weighted by molar-refractivity contribution is 0.589. The van der Waals surface area contributed by atoms with E-state index in [0.29, 0.717) is 5.15 Å². The number of pyridine rings is 1. The van der Waals surface area contributed by atoms with Crippen molar-refractivity contribution < 1.29 is 0 Å². The van der Waals surface area contributed by atoms with Crippen molar-refractivity contribution in [2.24, 2.45) is 0 Å². The molecule has 90 valence electrons. The van der Waals surface area contributed by atoms with Gasteiger partial charge in [-0.25, -0.2) is 4.98 Å². The summed E-state index contributed by atoms with van der Waals surface area (Å²) in [6.07, 6.45) is 0. The minimum absolute atomic E-state index is 0.0139. The molecule has 0 N–H and O–H groups in total. The van der Waals surface area contributed by atoms with Crippen molar-refractivity contribution in [3.8, 4) is 0 Å². The molecular weight excluding hydrogens is 365 g/mol. The molecule has 4 heteroatoms. The maximum absolute atomic E-state index is 6.26. The van der Waals surface area contributed by atoms with Gasteiger partial charge in [0.05, 0.1) is 5.52 Å². The van der Waals surface area contributed by atoms with E-state index < -0.39 is 0 Å². The Kier molecular flexibility index (Phi) is 3.54. The lowest BCUT2D eigenvalue weighted by Crippen LogP contribution is -2.12. The fraction of sp³-hybridized carbons (Fsp3) is 0.308. The summed E-state index contributed by atoms with van der Waals surface area (Å²) in [5.74, 6) is 0. The van der Waals surface area contributed by atoms with Crippen molar-refractivity contribution in [3.05, 3.63) is 37.9 Å². The maximum atomic E-state index is 6.26. The van der Waals surface area contributed by atoms with Gasteiger partial charge in [-0.05, 0) is 45.1 Å². The summed E-state index contributed by atoms with van der Waals surface area (Å²) in [4.78, 5) is 4.49. The predicted octanol–water partition coefficient (Wildman–Crippen LogP) is 5.71. The van der Waals surface area contributed by atoms with Crippen LogP contribution in [0.15, 0.2) is 27.1 Å². The summed E-state index contributed by atoms with van der Waals surface area (Å²) in [5.41, 5.74) is 1.93. The van der Waals surface area contributed by atoms with E-state index in [2.05, 4.69) is 63.7 Å². The quantitative estimate of drug-likeness (QED) is 0.536. The summed E-state index contributed by atoms with van der Waals surface area (Å²) in [7, 11) is 0. The Morgan fingerprint density at radius 1 is 1.12 bits per heavy atom. The first-order chi connectivity index (χ1) is 7.80. The van der Waals surface area contributed by atoms with E-state index in [0.717, 1.165) is 25.4 Å². The van der Waals surface area contributed by atoms with Gasteiger partial charge in [0.2, 0.25) is 0 Å². The monoisotopic (exact) mass is 375 g/mol. The molecule has 1 aromatic carbocycles. The number of benzene rings is 1. The van der Waals surface area contributed by atoms with E-state index in [-0.39, 0.29) is 5.41 Å². The number of aromatic nitrogens is 1. The van der Waals surface area contributed by atoms with Gasteiger partial charge in [-0.2, -0.15) is 0 Å². The Morgan fingerprint density at radius 3 is 2.29 bits per heavy atom. The van der Waals surface area contributed by atoms with Crippen molar-refractivity contribution >= 4 is 54.4 Å². The molecule has 0 radical (unpaired) electrons. The first kappa shape index (κ1) is 13.3. The fourth-order valence-corrected chi connectivity index (χ4v) is 2.99. The zero-order valence-corrected chi connectivity index (χ0v) is 13.7. The van der Waals surface area contributed by atoms with Crippen LogP contribution >= 0.6 is 43.5 Å². The van der Waals surface area contributed by atoms with Crippen LogP contribution in [0.2, 0.25) is 5.15 Å². The van der Waals surface area contributed by atoms with Gasteiger partial charge in [-0.3, -0.25) is 0 Å². The SMILES string of the molecule is CC(C)(C)c1cc2c(Br)ccc(Br)c2nc1Cl. The van der Waals surface area contributed by atoms with E-state index >= 15 is 0 Å². The number of fused-ring (bicyclic) bond motifs is 1. The first-order valence-electron chi connectivity index (χ1n) is 5.25. The molecule has 0 fully saturated rings. The molecule has 2 rings (SSSR count). The second-order valence-electron chi connectivity index (χ2n) is 5.00. The molecular formula is C13H12Br2ClN. The van der Waals surface area contributed by atoms with Crippen molar-refractivity contribution in [2.75, 3.05) is 0 Å². The molecule has 2 aromatic rings. The van der Waals surface area contributed by atoms with Gasteiger partial charge in [0, 0.05) is 14.3 Å². The molecule has 0 saturated carbocycles. The highest BCUT2D eigenvalue weighted by atomic mass is 79.9. The van der Waals surface area contributed by atoms with Gasteiger partial charge >= 0.3 is 0 Å². The van der Waals surface area contributed by atoms with Crippen molar-refractivity contribution in [3.63, 3.8) is 0 Å². The summed E-state index contributed by atoms with van der Waals surface area (Å²) in [5, 5.41) is 1.65. The van der Waals surface area contributed by atoms with Crippen LogP contribution < -0.4 is 0 Å². The van der Waals surface area contributed by atoms with Gasteiger partial charge in [-0.15, -0.1) is 0 Å². The van der Waals surface area contributed by atoms with Crippen molar-refractivity contribution in [2.45, 2.75) is 26.2 Å². The zero-order valence-electron chi connectivity index (χ0n) is 9.81. The molecule has 0 saturated heterocycles. The number of halogens is 3. The Morgan fingerprint density at radius 2 is 1.71 bits per heavy atom. The summed E-state index contributed by atoms with van der Waals surface area (Å²) in [6.45, 7) is 6.40. The summed E-state index contributed by atoms with van der Waals surface area (Å²) >= 11 is 13.3. The second-order valence-corrected chi connectivity index (χ2v) is 7.07. The van der Waals surface area contributed by atoms with Crippen LogP contribution in [-0.2, 0) is 5.41 Å². The summed E-state index contributed by atoms with van der Waals surface area (Å²) in [6, 6.07) is 6.08. The van der Waals surface area contributed by atoms with Crippen LogP contribution in [0.4, 0.5) is 0 Å². The second kappa shape index (κ2) is 4.52. The van der Waals surface area contributed by atoms with Crippen molar-refractivity contribution in [1.82, 2.24) is 4.98 Å². The highest BCUT2D eigenvalue weighted by Gasteiger charge is 2.20. The third-order valence-corrected chi connectivity index (χ3v) is 4.26. The Hall–Kier alpha value is -0.120. The van der Waals surface area contributed by atoms with E-state index in [4.69, 9.17) is 11.6 Å². The number of hydrogen-bond acceptors (Lipinski definition) is 1. The third kappa shape index (κ3) is 2.51. The molecule has 0 amide bonds. The van der Waals surface area contributed by atoms with Gasteiger partial charge < -0.3 is 0 Å². The molecule has 1 nitrogen and oxygen atoms in total. The normalized spacial score (nSPS) is 12.1. The van der Waals surface area contributed by atoms with Gasteiger partial charge in [0.1, 0.15) is 5.15 Å². The number of rotatable bonds is 0. The van der Waals surface area contributed by atoms with Crippen LogP contribution in [0.3, 0.4) is 0 Å². The molecule has 1 heterocycles. The molecule has 0 spiro atoms. The first-order valence-corrected chi connectivity index (χ1v) is 7.22. The maximum Gasteiger partial charge on any atom is 0.133 e. The van der Waals surface area contributed by atoms with E-state index in [1.165, 1.54) is 0 Å². The van der Waals surface area contributed by atoms with E-state index in [1.807, 2.05) is 12.1 Å². The minimum atomic E-state index is -0.0139. The van der Waals surface area contributed by atoms with Crippen LogP contribution in [0.5, 0.6) is 0 Å². The molecule has 0 aliphatic rings. The lowest BCUT2D eigenvalue weighted by atomic mass is 9.87. The standard InChI is InChI=1S/C13H12Br2ClN/c1-13(2,3)8-6-7-9(14)4-5-10(15)11(7)17-12(8)16/h4-6H,1-3H3. The number of nitrogens with zero attached hydrogens (tertiary/aromatic N) is 1. The predicted molar refractivity (Wildman–Crippen MR) is 80.9 cm³/mol. The zero-order chi connectivity index (χ0) is 12.8. The molecule has 0 unspecified atom stereocenters. The van der Waals surface area contributed by atoms with Crippen LogP contribution in [-0.4, -0.2) is 4.98 Å². The van der Waals surface area contributed by atoms with Gasteiger partial charge in [-0.1, -0.05) is 48.3 Å². The van der Waals surface area contributed by atoms with Gasteiger partial charge in [0.15, 0.2) is 0 Å². The number of hydrogen-bond donors (Lipinski definition) is 0. The van der Waals surface area contributed by atoms with E-state index in [9.17, 15) is 0 Å². The molecule has 1 aromatic heterocycles. The smallest absolute Gasteiger partial charge is 0.133 e. The molecule has 17 heavy (non-hydrogen) atoms. The minimum Gasteiger partial charge on any atom is -0.235 e. The average Bonchev–Trinajstić information content (AvgIpc) is 2.21. The third-order valence-electron chi connectivity index (χ3n) is 2.64. The lowest BCUT2D eigenvalue weighted by Gasteiger charge is -2.21. The highest BCUT2D eigenvalue weighted by Crippen LogP contribution is 2.36. The van der Waals surface area contributed by atoms with Crippen LogP contribution in [0.1, 0.15) is 26.3 Å². The Bertz CT molecular complexity index is 588. The highest BCUT2D eigenvalue weighted by molar-refractivity contribution is 9.11.